The molecule has 8 heteroatoms. The van der Waals surface area contributed by atoms with Gasteiger partial charge in [-0.15, -0.1) is 0 Å². The van der Waals surface area contributed by atoms with E-state index in [0.717, 1.165) is 0 Å². The Morgan fingerprint density at radius 2 is 2.11 bits per heavy atom. The number of aromatic nitrogens is 1. The van der Waals surface area contributed by atoms with Crippen molar-refractivity contribution in [3.8, 4) is 17.4 Å². The van der Waals surface area contributed by atoms with Gasteiger partial charge in [0.1, 0.15) is 0 Å². The van der Waals surface area contributed by atoms with Crippen LogP contribution in [0.25, 0.3) is 0 Å². The number of carbonyl (C=O) groups is 2. The lowest BCUT2D eigenvalue weighted by molar-refractivity contribution is -0.118. The number of carbonyl (C=O) groups excluding carboxylic acids is 2. The van der Waals surface area contributed by atoms with Gasteiger partial charge in [0.2, 0.25) is 11.7 Å². The molecule has 0 aliphatic heterocycles. The molecule has 1 aromatic heterocycles. The van der Waals surface area contributed by atoms with Crippen LogP contribution in [0.1, 0.15) is 0 Å². The third-order valence-electron chi connectivity index (χ3n) is 1.88. The number of imide groups is 1. The summed E-state index contributed by atoms with van der Waals surface area (Å²) in [5.74, 6) is -0.281. The molecule has 0 bridgehead atoms. The molecule has 1 heterocycles. The van der Waals surface area contributed by atoms with E-state index in [1.54, 1.807) is 0 Å². The van der Waals surface area contributed by atoms with Gasteiger partial charge in [0.25, 0.3) is 5.88 Å². The largest absolute Gasteiger partial charge is 0.493 e. The van der Waals surface area contributed by atoms with Gasteiger partial charge in [0, 0.05) is 12.3 Å². The molecule has 0 spiro atoms. The maximum atomic E-state index is 11.3. The van der Waals surface area contributed by atoms with Crippen molar-refractivity contribution in [1.82, 2.24) is 10.3 Å². The number of pyridine rings is 1. The minimum atomic E-state index is -0.996. The van der Waals surface area contributed by atoms with Gasteiger partial charge in [-0.05, 0) is 0 Å². The van der Waals surface area contributed by atoms with Crippen molar-refractivity contribution < 1.29 is 23.8 Å². The Labute approximate surface area is 103 Å². The topological polar surface area (TPSA) is 113 Å². The van der Waals surface area contributed by atoms with Crippen molar-refractivity contribution in [3.63, 3.8) is 0 Å². The van der Waals surface area contributed by atoms with Crippen LogP contribution in [0.5, 0.6) is 17.4 Å². The highest BCUT2D eigenvalue weighted by Gasteiger charge is 2.16. The second-order valence-electron chi connectivity index (χ2n) is 2.99. The predicted octanol–water partition coefficient (Wildman–Crippen LogP) is -0.327. The minimum absolute atomic E-state index is 0.112. The first-order chi connectivity index (χ1) is 8.62. The van der Waals surface area contributed by atoms with Gasteiger partial charge >= 0.3 is 6.09 Å². The Bertz CT molecular complexity index is 449. The molecule has 1 rings (SSSR count). The summed E-state index contributed by atoms with van der Waals surface area (Å²) in [6.45, 7) is -0.322. The number of hydrogen-bond acceptors (Lipinski definition) is 7. The van der Waals surface area contributed by atoms with E-state index < -0.39 is 12.0 Å². The number of amides is 2. The normalized spacial score (nSPS) is 9.50. The van der Waals surface area contributed by atoms with E-state index in [1.165, 1.54) is 26.5 Å². The average Bonchev–Trinajstić information content (AvgIpc) is 2.37. The van der Waals surface area contributed by atoms with Crippen molar-refractivity contribution in [2.45, 2.75) is 0 Å². The van der Waals surface area contributed by atoms with Crippen LogP contribution in [0.4, 0.5) is 4.79 Å². The van der Waals surface area contributed by atoms with Gasteiger partial charge in [-0.2, -0.15) is 0 Å². The highest BCUT2D eigenvalue weighted by molar-refractivity contribution is 5.93. The SMILES string of the molecule is COc1ccnc(OC(=O)NC(=O)CN)c1OC. The molecule has 0 saturated heterocycles. The number of methoxy groups -OCH3 is 2. The van der Waals surface area contributed by atoms with Crippen LogP contribution in [-0.4, -0.2) is 37.7 Å². The van der Waals surface area contributed by atoms with Crippen LogP contribution in [0.2, 0.25) is 0 Å². The highest BCUT2D eigenvalue weighted by atomic mass is 16.6. The molecule has 0 aliphatic carbocycles. The van der Waals surface area contributed by atoms with Gasteiger partial charge < -0.3 is 19.9 Å². The van der Waals surface area contributed by atoms with Crippen LogP contribution in [-0.2, 0) is 4.79 Å². The molecule has 8 nitrogen and oxygen atoms in total. The molecule has 0 saturated carbocycles. The number of ether oxygens (including phenoxy) is 3. The van der Waals surface area contributed by atoms with Crippen LogP contribution >= 0.6 is 0 Å². The number of nitrogens with one attached hydrogen (secondary N) is 1. The molecule has 3 N–H and O–H groups in total. The zero-order valence-electron chi connectivity index (χ0n) is 9.93. The van der Waals surface area contributed by atoms with Crippen LogP contribution in [0.3, 0.4) is 0 Å². The zero-order valence-corrected chi connectivity index (χ0v) is 9.93. The molecular weight excluding hydrogens is 242 g/mol. The first kappa shape index (κ1) is 13.7. The first-order valence-corrected chi connectivity index (χ1v) is 4.91. The quantitative estimate of drug-likeness (QED) is 0.757. The number of nitrogens with zero attached hydrogens (tertiary/aromatic N) is 1. The number of hydrogen-bond donors (Lipinski definition) is 2. The standard InChI is InChI=1S/C10H13N3O5/c1-16-6-3-4-12-9(8(6)17-2)18-10(15)13-7(14)5-11/h3-4H,5,11H2,1-2H3,(H,13,14,15). The van der Waals surface area contributed by atoms with Crippen molar-refractivity contribution >= 4 is 12.0 Å². The van der Waals surface area contributed by atoms with Gasteiger partial charge in [-0.1, -0.05) is 0 Å². The summed E-state index contributed by atoms with van der Waals surface area (Å²) in [7, 11) is 2.80. The second kappa shape index (κ2) is 6.40. The second-order valence-corrected chi connectivity index (χ2v) is 2.99. The lowest BCUT2D eigenvalue weighted by Crippen LogP contribution is -2.37. The molecule has 0 atom stereocenters. The highest BCUT2D eigenvalue weighted by Crippen LogP contribution is 2.34. The van der Waals surface area contributed by atoms with Crippen LogP contribution in [0.15, 0.2) is 12.3 Å². The lowest BCUT2D eigenvalue weighted by atomic mass is 10.4. The Hall–Kier alpha value is -2.35. The van der Waals surface area contributed by atoms with E-state index in [1.807, 2.05) is 5.32 Å². The van der Waals surface area contributed by atoms with E-state index in [2.05, 4.69) is 4.98 Å². The van der Waals surface area contributed by atoms with Gasteiger partial charge in [0.05, 0.1) is 20.8 Å². The van der Waals surface area contributed by atoms with Crippen LogP contribution in [0, 0.1) is 0 Å². The van der Waals surface area contributed by atoms with E-state index in [4.69, 9.17) is 19.9 Å². The van der Waals surface area contributed by atoms with Crippen molar-refractivity contribution in [2.75, 3.05) is 20.8 Å². The summed E-state index contributed by atoms with van der Waals surface area (Å²) >= 11 is 0. The summed E-state index contributed by atoms with van der Waals surface area (Å²) < 4.78 is 14.8. The van der Waals surface area contributed by atoms with E-state index >= 15 is 0 Å². The summed E-state index contributed by atoms with van der Waals surface area (Å²) in [6, 6.07) is 1.54. The summed E-state index contributed by atoms with van der Waals surface area (Å²) in [6.07, 6.45) is 0.374. The Morgan fingerprint density at radius 1 is 1.39 bits per heavy atom. The van der Waals surface area contributed by atoms with Gasteiger partial charge in [-0.25, -0.2) is 9.78 Å². The molecule has 98 valence electrons. The van der Waals surface area contributed by atoms with Gasteiger partial charge in [0.15, 0.2) is 5.75 Å². The minimum Gasteiger partial charge on any atom is -0.493 e. The molecule has 0 unspecified atom stereocenters. The molecule has 0 aromatic carbocycles. The Balaban J connectivity index is 2.84. The maximum absolute atomic E-state index is 11.3. The van der Waals surface area contributed by atoms with E-state index in [9.17, 15) is 9.59 Å². The van der Waals surface area contributed by atoms with Crippen LogP contribution < -0.4 is 25.3 Å². The Kier molecular flexibility index (Phi) is 4.88. The third-order valence-corrected chi connectivity index (χ3v) is 1.88. The van der Waals surface area contributed by atoms with Crippen molar-refractivity contribution in [3.05, 3.63) is 12.3 Å². The molecule has 0 aliphatic rings. The fraction of sp³-hybridized carbons (Fsp3) is 0.300. The third kappa shape index (κ3) is 3.32. The summed E-state index contributed by atoms with van der Waals surface area (Å²) in [5, 5.41) is 1.91. The van der Waals surface area contributed by atoms with E-state index in [0.29, 0.717) is 5.75 Å². The summed E-state index contributed by atoms with van der Waals surface area (Å²) in [4.78, 5) is 26.0. The molecule has 18 heavy (non-hydrogen) atoms. The van der Waals surface area contributed by atoms with Gasteiger partial charge in [-0.3, -0.25) is 10.1 Å². The molecule has 0 fully saturated rings. The monoisotopic (exact) mass is 255 g/mol. The molecule has 0 radical (unpaired) electrons. The average molecular weight is 255 g/mol. The predicted molar refractivity (Wildman–Crippen MR) is 60.6 cm³/mol. The molecule has 1 aromatic rings. The molecular formula is C10H13N3O5. The fourth-order valence-electron chi connectivity index (χ4n) is 1.11. The van der Waals surface area contributed by atoms with E-state index in [-0.39, 0.29) is 18.2 Å². The molecule has 2 amide bonds. The lowest BCUT2D eigenvalue weighted by Gasteiger charge is -2.11. The first-order valence-electron chi connectivity index (χ1n) is 4.91. The van der Waals surface area contributed by atoms with Crippen molar-refractivity contribution in [1.29, 1.82) is 0 Å². The zero-order chi connectivity index (χ0) is 13.5. The summed E-state index contributed by atoms with van der Waals surface area (Å²) in [5.41, 5.74) is 5.04. The smallest absolute Gasteiger partial charge is 0.420 e. The number of rotatable bonds is 4. The maximum Gasteiger partial charge on any atom is 0.420 e. The van der Waals surface area contributed by atoms with Crippen molar-refractivity contribution in [2.24, 2.45) is 5.73 Å². The fourth-order valence-corrected chi connectivity index (χ4v) is 1.11. The number of nitrogens with two attached hydrogens (primary N) is 1. The Morgan fingerprint density at radius 3 is 2.67 bits per heavy atom.